The standard InChI is InChI=1S/C14H17NO2S/c1-3-15(9-12-5-4-8-17-12)10-13(16)14-7-6-11(2)18-14/h4-8H,3,9-10H2,1-2H3. The first-order chi connectivity index (χ1) is 8.69. The summed E-state index contributed by atoms with van der Waals surface area (Å²) in [6, 6.07) is 7.69. The number of hydrogen-bond donors (Lipinski definition) is 0. The number of likely N-dealkylation sites (N-methyl/N-ethyl adjacent to an activating group) is 1. The molecule has 0 radical (unpaired) electrons. The van der Waals surface area contributed by atoms with Gasteiger partial charge in [-0.1, -0.05) is 6.92 Å². The van der Waals surface area contributed by atoms with Crippen molar-refractivity contribution in [1.29, 1.82) is 0 Å². The van der Waals surface area contributed by atoms with Gasteiger partial charge in [0.2, 0.25) is 0 Å². The lowest BCUT2D eigenvalue weighted by Gasteiger charge is -2.17. The van der Waals surface area contributed by atoms with Crippen molar-refractivity contribution in [2.24, 2.45) is 0 Å². The zero-order chi connectivity index (χ0) is 13.0. The Morgan fingerprint density at radius 3 is 2.78 bits per heavy atom. The van der Waals surface area contributed by atoms with Crippen molar-refractivity contribution in [1.82, 2.24) is 4.90 Å². The molecule has 0 N–H and O–H groups in total. The van der Waals surface area contributed by atoms with Crippen LogP contribution in [-0.2, 0) is 6.54 Å². The van der Waals surface area contributed by atoms with Crippen molar-refractivity contribution < 1.29 is 9.21 Å². The van der Waals surface area contributed by atoms with Crippen LogP contribution in [0, 0.1) is 6.92 Å². The Labute approximate surface area is 111 Å². The molecule has 2 rings (SSSR count). The largest absolute Gasteiger partial charge is 0.468 e. The van der Waals surface area contributed by atoms with Crippen LogP contribution in [0.15, 0.2) is 34.9 Å². The second-order valence-electron chi connectivity index (χ2n) is 4.22. The summed E-state index contributed by atoms with van der Waals surface area (Å²) in [6.07, 6.45) is 1.66. The third-order valence-corrected chi connectivity index (χ3v) is 3.83. The van der Waals surface area contributed by atoms with Crippen LogP contribution in [-0.4, -0.2) is 23.8 Å². The predicted octanol–water partition coefficient (Wildman–Crippen LogP) is 3.35. The second kappa shape index (κ2) is 5.98. The van der Waals surface area contributed by atoms with Crippen molar-refractivity contribution >= 4 is 17.1 Å². The lowest BCUT2D eigenvalue weighted by atomic mass is 10.3. The van der Waals surface area contributed by atoms with Crippen LogP contribution in [0.1, 0.15) is 27.2 Å². The highest BCUT2D eigenvalue weighted by atomic mass is 32.1. The highest BCUT2D eigenvalue weighted by Gasteiger charge is 2.14. The van der Waals surface area contributed by atoms with Gasteiger partial charge >= 0.3 is 0 Å². The van der Waals surface area contributed by atoms with Crippen molar-refractivity contribution in [3.63, 3.8) is 0 Å². The summed E-state index contributed by atoms with van der Waals surface area (Å²) < 4.78 is 5.31. The second-order valence-corrected chi connectivity index (χ2v) is 5.50. The molecule has 0 unspecified atom stereocenters. The Morgan fingerprint density at radius 2 is 2.22 bits per heavy atom. The summed E-state index contributed by atoms with van der Waals surface area (Å²) in [5.41, 5.74) is 0. The fourth-order valence-electron chi connectivity index (χ4n) is 1.77. The number of hydrogen-bond acceptors (Lipinski definition) is 4. The molecule has 3 nitrogen and oxygen atoms in total. The number of carbonyl (C=O) groups is 1. The van der Waals surface area contributed by atoms with E-state index in [2.05, 4.69) is 11.8 Å². The zero-order valence-electron chi connectivity index (χ0n) is 10.7. The molecule has 0 aromatic carbocycles. The Kier molecular flexibility index (Phi) is 4.33. The van der Waals surface area contributed by atoms with Crippen LogP contribution in [0.25, 0.3) is 0 Å². The van der Waals surface area contributed by atoms with E-state index < -0.39 is 0 Å². The van der Waals surface area contributed by atoms with Gasteiger partial charge < -0.3 is 4.42 Å². The van der Waals surface area contributed by atoms with Gasteiger partial charge in [-0.3, -0.25) is 9.69 Å². The highest BCUT2D eigenvalue weighted by molar-refractivity contribution is 7.14. The summed E-state index contributed by atoms with van der Waals surface area (Å²) >= 11 is 1.56. The number of thiophene rings is 1. The minimum absolute atomic E-state index is 0.182. The average Bonchev–Trinajstić information content (AvgIpc) is 2.99. The lowest BCUT2D eigenvalue weighted by Crippen LogP contribution is -2.28. The fourth-order valence-corrected chi connectivity index (χ4v) is 2.57. The van der Waals surface area contributed by atoms with Crippen molar-refractivity contribution in [3.05, 3.63) is 46.0 Å². The topological polar surface area (TPSA) is 33.5 Å². The molecule has 0 amide bonds. The van der Waals surface area contributed by atoms with Crippen molar-refractivity contribution in [2.45, 2.75) is 20.4 Å². The maximum Gasteiger partial charge on any atom is 0.186 e. The van der Waals surface area contributed by atoms with Crippen LogP contribution < -0.4 is 0 Å². The summed E-state index contributed by atoms with van der Waals surface area (Å²) in [7, 11) is 0. The van der Waals surface area contributed by atoms with Gasteiger partial charge in [0.1, 0.15) is 5.76 Å². The summed E-state index contributed by atoms with van der Waals surface area (Å²) in [4.78, 5) is 16.2. The monoisotopic (exact) mass is 263 g/mol. The molecule has 0 aliphatic carbocycles. The molecule has 0 bridgehead atoms. The molecule has 2 heterocycles. The van der Waals surface area contributed by atoms with Gasteiger partial charge in [0, 0.05) is 4.88 Å². The van der Waals surface area contributed by atoms with Crippen molar-refractivity contribution in [3.8, 4) is 0 Å². The number of carbonyl (C=O) groups excluding carboxylic acids is 1. The molecule has 0 atom stereocenters. The van der Waals surface area contributed by atoms with Crippen LogP contribution in [0.5, 0.6) is 0 Å². The van der Waals surface area contributed by atoms with Gasteiger partial charge in [0.25, 0.3) is 0 Å². The molecule has 0 fully saturated rings. The molecule has 2 aromatic rings. The molecule has 0 aliphatic heterocycles. The number of Topliss-reactive ketones (excluding diaryl/α,β-unsaturated/α-hetero) is 1. The molecule has 0 spiro atoms. The zero-order valence-corrected chi connectivity index (χ0v) is 11.5. The average molecular weight is 263 g/mol. The molecule has 0 aliphatic rings. The summed E-state index contributed by atoms with van der Waals surface area (Å²) in [5.74, 6) is 1.08. The SMILES string of the molecule is CCN(CC(=O)c1ccc(C)s1)Cc1ccco1. The first-order valence-electron chi connectivity index (χ1n) is 6.03. The van der Waals surface area contributed by atoms with E-state index in [1.54, 1.807) is 17.6 Å². The Balaban J connectivity index is 1.96. The minimum atomic E-state index is 0.182. The Morgan fingerprint density at radius 1 is 1.39 bits per heavy atom. The third-order valence-electron chi connectivity index (χ3n) is 2.79. The van der Waals surface area contributed by atoms with E-state index in [4.69, 9.17) is 4.42 Å². The van der Waals surface area contributed by atoms with E-state index in [9.17, 15) is 4.79 Å². The molecule has 0 saturated heterocycles. The maximum atomic E-state index is 12.1. The molecule has 96 valence electrons. The van der Waals surface area contributed by atoms with Crippen LogP contribution in [0.3, 0.4) is 0 Å². The molecule has 0 saturated carbocycles. The van der Waals surface area contributed by atoms with E-state index in [0.717, 1.165) is 17.2 Å². The quantitative estimate of drug-likeness (QED) is 0.749. The molecular weight excluding hydrogens is 246 g/mol. The summed E-state index contributed by atoms with van der Waals surface area (Å²) in [5, 5.41) is 0. The predicted molar refractivity (Wildman–Crippen MR) is 73.0 cm³/mol. The number of rotatable bonds is 6. The third kappa shape index (κ3) is 3.31. The summed E-state index contributed by atoms with van der Waals surface area (Å²) in [6.45, 7) is 6.02. The number of furan rings is 1. The van der Waals surface area contributed by atoms with Crippen molar-refractivity contribution in [2.75, 3.05) is 13.1 Å². The van der Waals surface area contributed by atoms with Gasteiger partial charge in [0.05, 0.1) is 24.2 Å². The molecule has 4 heteroatoms. The van der Waals surface area contributed by atoms with E-state index in [1.807, 2.05) is 31.2 Å². The van der Waals surface area contributed by atoms with Crippen LogP contribution >= 0.6 is 11.3 Å². The van der Waals surface area contributed by atoms with Gasteiger partial charge in [-0.15, -0.1) is 11.3 Å². The minimum Gasteiger partial charge on any atom is -0.468 e. The molecule has 18 heavy (non-hydrogen) atoms. The van der Waals surface area contributed by atoms with E-state index in [-0.39, 0.29) is 5.78 Å². The smallest absolute Gasteiger partial charge is 0.186 e. The number of ketones is 1. The highest BCUT2D eigenvalue weighted by Crippen LogP contribution is 2.16. The van der Waals surface area contributed by atoms with Gasteiger partial charge in [-0.05, 0) is 37.7 Å². The fraction of sp³-hybridized carbons (Fsp3) is 0.357. The molecular formula is C14H17NO2S. The van der Waals surface area contributed by atoms with E-state index >= 15 is 0 Å². The first-order valence-corrected chi connectivity index (χ1v) is 6.85. The lowest BCUT2D eigenvalue weighted by molar-refractivity contribution is 0.0929. The number of nitrogens with zero attached hydrogens (tertiary/aromatic N) is 1. The van der Waals surface area contributed by atoms with Gasteiger partial charge in [0.15, 0.2) is 5.78 Å². The van der Waals surface area contributed by atoms with Crippen LogP contribution in [0.2, 0.25) is 0 Å². The van der Waals surface area contributed by atoms with Gasteiger partial charge in [-0.25, -0.2) is 0 Å². The van der Waals surface area contributed by atoms with Crippen LogP contribution in [0.4, 0.5) is 0 Å². The van der Waals surface area contributed by atoms with E-state index in [1.165, 1.54) is 4.88 Å². The molecule has 2 aromatic heterocycles. The first kappa shape index (κ1) is 13.1. The maximum absolute atomic E-state index is 12.1. The normalized spacial score (nSPS) is 11.1. The Bertz CT molecular complexity index is 502. The van der Waals surface area contributed by atoms with E-state index in [0.29, 0.717) is 13.1 Å². The Hall–Kier alpha value is -1.39. The number of aryl methyl sites for hydroxylation is 1. The van der Waals surface area contributed by atoms with Gasteiger partial charge in [-0.2, -0.15) is 0 Å².